The number of carbonyl (C=O) groups is 2. The maximum atomic E-state index is 12.9. The Morgan fingerprint density at radius 2 is 1.74 bits per heavy atom. The first kappa shape index (κ1) is 26.3. The molecule has 1 saturated heterocycles. The second kappa shape index (κ2) is 12.0. The summed E-state index contributed by atoms with van der Waals surface area (Å²) in [5, 5.41) is 0.170. The van der Waals surface area contributed by atoms with Crippen LogP contribution >= 0.6 is 68.5 Å². The van der Waals surface area contributed by atoms with Gasteiger partial charge in [0.2, 0.25) is 0 Å². The molecule has 35 heavy (non-hydrogen) atoms. The largest absolute Gasteiger partial charge is 0.490 e. The van der Waals surface area contributed by atoms with Crippen molar-refractivity contribution >= 4 is 85.8 Å². The van der Waals surface area contributed by atoms with Crippen LogP contribution in [0.5, 0.6) is 11.5 Å². The summed E-state index contributed by atoms with van der Waals surface area (Å²) in [5.74, 6) is 0.993. The summed E-state index contributed by atoms with van der Waals surface area (Å²) in [6.45, 7) is 2.84. The van der Waals surface area contributed by atoms with Crippen LogP contribution < -0.4 is 9.47 Å². The molecule has 4 rings (SSSR count). The fourth-order valence-electron chi connectivity index (χ4n) is 3.41. The van der Waals surface area contributed by atoms with Gasteiger partial charge in [-0.3, -0.25) is 14.5 Å². The number of para-hydroxylation sites is 1. The smallest absolute Gasteiger partial charge is 0.293 e. The van der Waals surface area contributed by atoms with Gasteiger partial charge in [0.1, 0.15) is 24.7 Å². The second-order valence-electron chi connectivity index (χ2n) is 7.70. The topological polar surface area (TPSA) is 55.8 Å². The lowest BCUT2D eigenvalue weighted by atomic mass is 10.1. The Labute approximate surface area is 240 Å². The minimum absolute atomic E-state index is 0.147. The predicted octanol–water partition coefficient (Wildman–Crippen LogP) is 7.55. The maximum Gasteiger partial charge on any atom is 0.293 e. The van der Waals surface area contributed by atoms with Crippen LogP contribution in [-0.2, 0) is 11.4 Å². The van der Waals surface area contributed by atoms with Crippen LogP contribution in [0.3, 0.4) is 0 Å². The van der Waals surface area contributed by atoms with Gasteiger partial charge in [0.25, 0.3) is 11.1 Å². The van der Waals surface area contributed by atoms with Crippen molar-refractivity contribution in [2.45, 2.75) is 13.5 Å². The third-order valence-electron chi connectivity index (χ3n) is 5.07. The average Bonchev–Trinajstić information content (AvgIpc) is 3.07. The third-order valence-corrected chi connectivity index (χ3v) is 7.89. The van der Waals surface area contributed by atoms with Crippen molar-refractivity contribution in [2.24, 2.45) is 0 Å². The highest BCUT2D eigenvalue weighted by Crippen LogP contribution is 2.35. The molecule has 180 valence electrons. The van der Waals surface area contributed by atoms with Crippen LogP contribution in [-0.4, -0.2) is 29.2 Å². The summed E-state index contributed by atoms with van der Waals surface area (Å²) in [6, 6.07) is 19.2. The predicted molar refractivity (Wildman–Crippen MR) is 157 cm³/mol. The van der Waals surface area contributed by atoms with E-state index < -0.39 is 0 Å². The number of aryl methyl sites for hydroxylation is 1. The molecular weight excluding hydrogens is 712 g/mol. The molecule has 3 aromatic carbocycles. The summed E-state index contributed by atoms with van der Waals surface area (Å²) in [4.78, 5) is 26.9. The molecule has 0 unspecified atom stereocenters. The van der Waals surface area contributed by atoms with Crippen LogP contribution in [0.2, 0.25) is 5.02 Å². The zero-order valence-corrected chi connectivity index (χ0v) is 24.5. The summed E-state index contributed by atoms with van der Waals surface area (Å²) >= 11 is 11.5. The molecular formula is C26H20ClI2NO4S. The molecule has 0 N–H and O–H groups in total. The van der Waals surface area contributed by atoms with Gasteiger partial charge in [0, 0.05) is 0 Å². The van der Waals surface area contributed by atoms with Crippen molar-refractivity contribution in [3.63, 3.8) is 0 Å². The number of ether oxygens (including phenoxy) is 2. The summed E-state index contributed by atoms with van der Waals surface area (Å²) in [7, 11) is 0. The molecule has 1 fully saturated rings. The zero-order chi connectivity index (χ0) is 24.9. The average molecular weight is 732 g/mol. The van der Waals surface area contributed by atoms with Crippen molar-refractivity contribution in [3.8, 4) is 11.5 Å². The van der Waals surface area contributed by atoms with Gasteiger partial charge in [0.05, 0.1) is 23.6 Å². The number of hydrogen-bond acceptors (Lipinski definition) is 5. The zero-order valence-electron chi connectivity index (χ0n) is 18.6. The first-order valence-electron chi connectivity index (χ1n) is 10.6. The molecule has 3 aromatic rings. The van der Waals surface area contributed by atoms with E-state index in [1.165, 1.54) is 10.5 Å². The van der Waals surface area contributed by atoms with Crippen LogP contribution in [0.1, 0.15) is 16.7 Å². The van der Waals surface area contributed by atoms with Gasteiger partial charge in [-0.25, -0.2) is 0 Å². The normalized spacial score (nSPS) is 14.6. The highest BCUT2D eigenvalue weighted by Gasteiger charge is 2.34. The van der Waals surface area contributed by atoms with Gasteiger partial charge in [0.15, 0.2) is 0 Å². The molecule has 0 atom stereocenters. The van der Waals surface area contributed by atoms with E-state index in [1.807, 2.05) is 36.4 Å². The number of halogens is 3. The standard InChI is InChI=1S/C26H20ClI2NO4S/c1-16-5-4-6-17(11-16)15-34-24-20(28)12-18(13-21(24)29)14-23-25(31)30(26(32)35-23)9-10-33-22-8-3-2-7-19(22)27/h2-8,11-14H,9-10,15H2,1H3/b23-14-. The summed E-state index contributed by atoms with van der Waals surface area (Å²) < 4.78 is 13.6. The minimum Gasteiger partial charge on any atom is -0.490 e. The molecule has 0 bridgehead atoms. The number of benzene rings is 3. The van der Waals surface area contributed by atoms with Crippen molar-refractivity contribution in [3.05, 3.63) is 94.4 Å². The Hall–Kier alpha value is -1.76. The molecule has 5 nitrogen and oxygen atoms in total. The van der Waals surface area contributed by atoms with Gasteiger partial charge in [-0.2, -0.15) is 0 Å². The first-order valence-corrected chi connectivity index (χ1v) is 14.0. The van der Waals surface area contributed by atoms with Gasteiger partial charge >= 0.3 is 0 Å². The number of amides is 2. The Kier molecular flexibility index (Phi) is 9.01. The second-order valence-corrected chi connectivity index (χ2v) is 11.4. The lowest BCUT2D eigenvalue weighted by Crippen LogP contribution is -2.32. The van der Waals surface area contributed by atoms with Gasteiger partial charge in [-0.1, -0.05) is 53.6 Å². The van der Waals surface area contributed by atoms with E-state index in [0.717, 1.165) is 35.8 Å². The fraction of sp³-hybridized carbons (Fsp3) is 0.154. The molecule has 1 aliphatic rings. The molecule has 0 saturated carbocycles. The Morgan fingerprint density at radius 1 is 1.00 bits per heavy atom. The van der Waals surface area contributed by atoms with E-state index in [2.05, 4.69) is 64.2 Å². The highest BCUT2D eigenvalue weighted by atomic mass is 127. The maximum absolute atomic E-state index is 12.9. The monoisotopic (exact) mass is 731 g/mol. The van der Waals surface area contributed by atoms with Crippen LogP contribution in [0.25, 0.3) is 6.08 Å². The molecule has 1 aliphatic heterocycles. The summed E-state index contributed by atoms with van der Waals surface area (Å²) in [6.07, 6.45) is 1.74. The Morgan fingerprint density at radius 3 is 2.46 bits per heavy atom. The number of nitrogens with zero attached hydrogens (tertiary/aromatic N) is 1. The molecule has 0 spiro atoms. The van der Waals surface area contributed by atoms with E-state index in [-0.39, 0.29) is 24.3 Å². The lowest BCUT2D eigenvalue weighted by molar-refractivity contribution is -0.123. The third kappa shape index (κ3) is 6.72. The Bertz CT molecular complexity index is 1290. The van der Waals surface area contributed by atoms with Crippen LogP contribution in [0, 0.1) is 14.1 Å². The quantitative estimate of drug-likeness (QED) is 0.177. The summed E-state index contributed by atoms with van der Waals surface area (Å²) in [5.41, 5.74) is 3.13. The number of rotatable bonds is 8. The molecule has 9 heteroatoms. The SMILES string of the molecule is Cc1cccc(COc2c(I)cc(/C=C3\SC(=O)N(CCOc4ccccc4Cl)C3=O)cc2I)c1. The lowest BCUT2D eigenvalue weighted by Gasteiger charge is -2.14. The van der Waals surface area contributed by atoms with Crippen LogP contribution in [0.4, 0.5) is 4.79 Å². The number of hydrogen-bond donors (Lipinski definition) is 0. The number of imide groups is 1. The number of thioether (sulfide) groups is 1. The highest BCUT2D eigenvalue weighted by molar-refractivity contribution is 14.1. The molecule has 2 amide bonds. The minimum atomic E-state index is -0.326. The first-order chi connectivity index (χ1) is 16.8. The van der Waals surface area contributed by atoms with E-state index in [0.29, 0.717) is 22.3 Å². The van der Waals surface area contributed by atoms with Crippen molar-refractivity contribution < 1.29 is 19.1 Å². The van der Waals surface area contributed by atoms with Crippen molar-refractivity contribution in [1.29, 1.82) is 0 Å². The molecule has 0 aromatic heterocycles. The Balaban J connectivity index is 1.41. The van der Waals surface area contributed by atoms with E-state index in [1.54, 1.807) is 18.2 Å². The number of carbonyl (C=O) groups excluding carboxylic acids is 2. The van der Waals surface area contributed by atoms with Gasteiger partial charge in [-0.05, 0) is 105 Å². The van der Waals surface area contributed by atoms with Crippen LogP contribution in [0.15, 0.2) is 65.6 Å². The van der Waals surface area contributed by atoms with E-state index in [9.17, 15) is 9.59 Å². The van der Waals surface area contributed by atoms with E-state index in [4.69, 9.17) is 21.1 Å². The fourth-order valence-corrected chi connectivity index (χ4v) is 6.59. The van der Waals surface area contributed by atoms with Crippen molar-refractivity contribution in [1.82, 2.24) is 4.90 Å². The molecule has 0 aliphatic carbocycles. The van der Waals surface area contributed by atoms with Gasteiger partial charge in [-0.15, -0.1) is 0 Å². The van der Waals surface area contributed by atoms with Gasteiger partial charge < -0.3 is 9.47 Å². The van der Waals surface area contributed by atoms with E-state index >= 15 is 0 Å². The molecule has 0 radical (unpaired) electrons. The molecule has 1 heterocycles. The van der Waals surface area contributed by atoms with Crippen molar-refractivity contribution in [2.75, 3.05) is 13.2 Å².